The van der Waals surface area contributed by atoms with Gasteiger partial charge in [0, 0.05) is 34.1 Å². The number of nitrogens with one attached hydrogen (secondary N) is 1. The number of benzene rings is 2. The Morgan fingerprint density at radius 3 is 2.12 bits per heavy atom. The van der Waals surface area contributed by atoms with Gasteiger partial charge in [-0.1, -0.05) is 23.7 Å². The van der Waals surface area contributed by atoms with E-state index in [1.807, 2.05) is 48.5 Å². The van der Waals surface area contributed by atoms with Gasteiger partial charge in [0.1, 0.15) is 5.82 Å². The highest BCUT2D eigenvalue weighted by Crippen LogP contribution is 2.33. The number of rotatable bonds is 3. The largest absolute Gasteiger partial charge is 0.337 e. The van der Waals surface area contributed by atoms with Gasteiger partial charge in [-0.3, -0.25) is 4.98 Å². The first-order chi connectivity index (χ1) is 12.7. The molecule has 0 spiro atoms. The summed E-state index contributed by atoms with van der Waals surface area (Å²) in [6.07, 6.45) is 3.51. The van der Waals surface area contributed by atoms with Crippen LogP contribution in [0.25, 0.3) is 33.9 Å². The van der Waals surface area contributed by atoms with Gasteiger partial charge in [-0.15, -0.1) is 0 Å². The van der Waals surface area contributed by atoms with Gasteiger partial charge in [-0.05, 0) is 48.5 Å². The zero-order valence-corrected chi connectivity index (χ0v) is 14.4. The highest BCUT2D eigenvalue weighted by atomic mass is 35.5. The third-order valence-corrected chi connectivity index (χ3v) is 4.33. The van der Waals surface area contributed by atoms with E-state index in [0.717, 1.165) is 33.9 Å². The normalized spacial score (nSPS) is 10.5. The van der Waals surface area contributed by atoms with Crippen LogP contribution < -0.4 is 0 Å². The molecule has 1 N–H and O–H groups in total. The predicted octanol–water partition coefficient (Wildman–Crippen LogP) is 5.33. The van der Waals surface area contributed by atoms with Crippen LogP contribution in [-0.4, -0.2) is 15.0 Å². The van der Waals surface area contributed by atoms with Crippen LogP contribution in [-0.2, 0) is 0 Å². The number of pyridine rings is 1. The van der Waals surface area contributed by atoms with Crippen LogP contribution in [0.1, 0.15) is 5.56 Å². The maximum Gasteiger partial charge on any atom is 0.138 e. The molecule has 2 aromatic heterocycles. The molecule has 0 atom stereocenters. The third kappa shape index (κ3) is 3.08. The first-order valence-electron chi connectivity index (χ1n) is 8.01. The van der Waals surface area contributed by atoms with Crippen molar-refractivity contribution >= 4 is 11.6 Å². The number of aromatic amines is 1. The Morgan fingerprint density at radius 2 is 1.46 bits per heavy atom. The highest BCUT2D eigenvalue weighted by Gasteiger charge is 2.15. The van der Waals surface area contributed by atoms with E-state index in [4.69, 9.17) is 21.8 Å². The predicted molar refractivity (Wildman–Crippen MR) is 102 cm³/mol. The summed E-state index contributed by atoms with van der Waals surface area (Å²) in [7, 11) is 0. The van der Waals surface area contributed by atoms with Crippen molar-refractivity contribution in [3.63, 3.8) is 0 Å². The van der Waals surface area contributed by atoms with Crippen molar-refractivity contribution in [3.05, 3.63) is 83.6 Å². The molecular weight excluding hydrogens is 344 g/mol. The molecule has 124 valence electrons. The molecule has 0 aliphatic rings. The topological polar surface area (TPSA) is 65.4 Å². The number of hydrogen-bond acceptors (Lipinski definition) is 3. The summed E-state index contributed by atoms with van der Waals surface area (Å²) >= 11 is 6.02. The Hall–Kier alpha value is -3.42. The molecule has 2 aromatic carbocycles. The van der Waals surface area contributed by atoms with Gasteiger partial charge in [-0.2, -0.15) is 5.26 Å². The number of nitriles is 1. The zero-order chi connectivity index (χ0) is 17.9. The van der Waals surface area contributed by atoms with Gasteiger partial charge in [-0.25, -0.2) is 4.98 Å². The average Bonchev–Trinajstić information content (AvgIpc) is 3.15. The van der Waals surface area contributed by atoms with E-state index >= 15 is 0 Å². The molecular formula is C21H13ClN4. The zero-order valence-electron chi connectivity index (χ0n) is 13.6. The van der Waals surface area contributed by atoms with Crippen LogP contribution in [0.5, 0.6) is 0 Å². The van der Waals surface area contributed by atoms with Gasteiger partial charge >= 0.3 is 0 Å². The van der Waals surface area contributed by atoms with Crippen LogP contribution >= 0.6 is 11.6 Å². The van der Waals surface area contributed by atoms with Crippen molar-refractivity contribution in [2.24, 2.45) is 0 Å². The molecule has 2 heterocycles. The molecule has 0 saturated carbocycles. The lowest BCUT2D eigenvalue weighted by Crippen LogP contribution is -1.84. The second-order valence-electron chi connectivity index (χ2n) is 5.74. The molecule has 0 aliphatic carbocycles. The van der Waals surface area contributed by atoms with Crippen molar-refractivity contribution < 1.29 is 0 Å². The van der Waals surface area contributed by atoms with Gasteiger partial charge in [0.15, 0.2) is 0 Å². The van der Waals surface area contributed by atoms with Crippen molar-refractivity contribution in [3.8, 4) is 40.0 Å². The smallest absolute Gasteiger partial charge is 0.138 e. The number of imidazole rings is 1. The molecule has 4 rings (SSSR count). The van der Waals surface area contributed by atoms with Crippen molar-refractivity contribution in [2.45, 2.75) is 0 Å². The lowest BCUT2D eigenvalue weighted by Gasteiger charge is -2.03. The van der Waals surface area contributed by atoms with Gasteiger partial charge < -0.3 is 4.98 Å². The fraction of sp³-hybridized carbons (Fsp3) is 0. The summed E-state index contributed by atoms with van der Waals surface area (Å²) in [4.78, 5) is 12.3. The average molecular weight is 357 g/mol. The summed E-state index contributed by atoms with van der Waals surface area (Å²) < 4.78 is 0. The summed E-state index contributed by atoms with van der Waals surface area (Å²) in [5.41, 5.74) is 5.25. The lowest BCUT2D eigenvalue weighted by atomic mass is 10.1. The summed E-state index contributed by atoms with van der Waals surface area (Å²) in [6, 6.07) is 21.0. The van der Waals surface area contributed by atoms with E-state index in [2.05, 4.69) is 16.0 Å². The molecule has 0 unspecified atom stereocenters. The van der Waals surface area contributed by atoms with E-state index in [9.17, 15) is 0 Å². The summed E-state index contributed by atoms with van der Waals surface area (Å²) in [6.45, 7) is 0. The fourth-order valence-electron chi connectivity index (χ4n) is 2.76. The Morgan fingerprint density at radius 1 is 0.808 bits per heavy atom. The summed E-state index contributed by atoms with van der Waals surface area (Å²) in [5, 5.41) is 9.66. The maximum absolute atomic E-state index is 8.98. The Balaban J connectivity index is 1.87. The lowest BCUT2D eigenvalue weighted by molar-refractivity contribution is 1.30. The Bertz CT molecular complexity index is 1080. The number of aromatic nitrogens is 3. The van der Waals surface area contributed by atoms with E-state index in [0.29, 0.717) is 10.6 Å². The van der Waals surface area contributed by atoms with Crippen LogP contribution in [0.3, 0.4) is 0 Å². The van der Waals surface area contributed by atoms with Crippen LogP contribution in [0.4, 0.5) is 0 Å². The Kier molecular flexibility index (Phi) is 4.22. The third-order valence-electron chi connectivity index (χ3n) is 4.08. The number of nitrogens with zero attached hydrogens (tertiary/aromatic N) is 3. The minimum atomic E-state index is 0.618. The number of halogens is 1. The Labute approximate surface area is 155 Å². The summed E-state index contributed by atoms with van der Waals surface area (Å²) in [5.74, 6) is 0.742. The molecule has 0 saturated heterocycles. The first kappa shape index (κ1) is 16.1. The van der Waals surface area contributed by atoms with Crippen molar-refractivity contribution in [1.29, 1.82) is 5.26 Å². The van der Waals surface area contributed by atoms with Crippen molar-refractivity contribution in [1.82, 2.24) is 15.0 Å². The first-order valence-corrected chi connectivity index (χ1v) is 8.39. The van der Waals surface area contributed by atoms with Crippen molar-refractivity contribution in [2.75, 3.05) is 0 Å². The molecule has 0 fully saturated rings. The van der Waals surface area contributed by atoms with Crippen LogP contribution in [0, 0.1) is 11.3 Å². The molecule has 26 heavy (non-hydrogen) atoms. The van der Waals surface area contributed by atoms with E-state index in [-0.39, 0.29) is 0 Å². The second-order valence-corrected chi connectivity index (χ2v) is 6.18. The molecule has 4 nitrogen and oxygen atoms in total. The number of H-pyrrole nitrogens is 1. The molecule has 0 bridgehead atoms. The minimum Gasteiger partial charge on any atom is -0.337 e. The molecule has 0 amide bonds. The molecule has 5 heteroatoms. The van der Waals surface area contributed by atoms with E-state index in [1.165, 1.54) is 0 Å². The maximum atomic E-state index is 8.98. The standard InChI is InChI=1S/C21H13ClN4/c22-18-7-5-15(6-8-18)19-20(16-9-11-24-12-10-16)26-21(25-19)17-3-1-14(13-23)2-4-17/h1-12H,(H,25,26). The SMILES string of the molecule is N#Cc1ccc(-c2nc(-c3ccc(Cl)cc3)c(-c3ccncc3)[nH]2)cc1. The highest BCUT2D eigenvalue weighted by molar-refractivity contribution is 6.30. The monoisotopic (exact) mass is 356 g/mol. The van der Waals surface area contributed by atoms with Gasteiger partial charge in [0.2, 0.25) is 0 Å². The molecule has 0 aliphatic heterocycles. The van der Waals surface area contributed by atoms with Crippen LogP contribution in [0.15, 0.2) is 73.1 Å². The molecule has 4 aromatic rings. The van der Waals surface area contributed by atoms with Gasteiger partial charge in [0.25, 0.3) is 0 Å². The fourth-order valence-corrected chi connectivity index (χ4v) is 2.88. The minimum absolute atomic E-state index is 0.618. The molecule has 0 radical (unpaired) electrons. The second kappa shape index (κ2) is 6.83. The van der Waals surface area contributed by atoms with E-state index < -0.39 is 0 Å². The van der Waals surface area contributed by atoms with E-state index in [1.54, 1.807) is 24.5 Å². The quantitative estimate of drug-likeness (QED) is 0.539. The van der Waals surface area contributed by atoms with Gasteiger partial charge in [0.05, 0.1) is 23.0 Å². The van der Waals surface area contributed by atoms with Crippen LogP contribution in [0.2, 0.25) is 5.02 Å². The number of hydrogen-bond donors (Lipinski definition) is 1.